The van der Waals surface area contributed by atoms with Gasteiger partial charge in [0.05, 0.1) is 12.1 Å². The predicted molar refractivity (Wildman–Crippen MR) is 79.6 cm³/mol. The Balaban J connectivity index is 1.94. The van der Waals surface area contributed by atoms with Crippen molar-refractivity contribution in [2.75, 3.05) is 11.5 Å². The van der Waals surface area contributed by atoms with Crippen molar-refractivity contribution in [2.24, 2.45) is 0 Å². The van der Waals surface area contributed by atoms with Gasteiger partial charge in [-0.1, -0.05) is 6.58 Å². The lowest BCUT2D eigenvalue weighted by Crippen LogP contribution is -2.34. The number of fused-ring (bicyclic) bond motifs is 1. The molecule has 0 spiro atoms. The van der Waals surface area contributed by atoms with Crippen LogP contribution in [0.15, 0.2) is 24.6 Å². The van der Waals surface area contributed by atoms with Crippen molar-refractivity contribution in [3.05, 3.63) is 24.6 Å². The highest BCUT2D eigenvalue weighted by molar-refractivity contribution is 7.94. The van der Waals surface area contributed by atoms with Gasteiger partial charge < -0.3 is 20.7 Å². The molecule has 0 amide bonds. The molecule has 3 rings (SSSR count). The first-order valence-corrected chi connectivity index (χ1v) is 8.35. The molecule has 23 heavy (non-hydrogen) atoms. The summed E-state index contributed by atoms with van der Waals surface area (Å²) < 4.78 is 30.1. The van der Waals surface area contributed by atoms with E-state index in [2.05, 4.69) is 21.5 Å². The fourth-order valence-electron chi connectivity index (χ4n) is 2.45. The Labute approximate surface area is 131 Å². The average Bonchev–Trinajstić information content (AvgIpc) is 3.05. The number of hydrogen-bond acceptors (Lipinski definition) is 9. The van der Waals surface area contributed by atoms with Gasteiger partial charge in [-0.15, -0.1) is 0 Å². The van der Waals surface area contributed by atoms with Gasteiger partial charge in [0.1, 0.15) is 30.2 Å². The highest BCUT2D eigenvalue weighted by atomic mass is 32.2. The van der Waals surface area contributed by atoms with Crippen LogP contribution in [0.1, 0.15) is 6.23 Å². The third kappa shape index (κ3) is 2.67. The number of aliphatic hydroxyl groups excluding tert-OH is 2. The van der Waals surface area contributed by atoms with Gasteiger partial charge in [-0.3, -0.25) is 4.57 Å². The summed E-state index contributed by atoms with van der Waals surface area (Å²) in [7, 11) is -3.60. The van der Waals surface area contributed by atoms with Crippen LogP contribution >= 0.6 is 0 Å². The Bertz CT molecular complexity index is 851. The van der Waals surface area contributed by atoms with Crippen molar-refractivity contribution in [2.45, 2.75) is 24.5 Å². The van der Waals surface area contributed by atoms with E-state index in [9.17, 15) is 18.6 Å². The highest BCUT2D eigenvalue weighted by Crippen LogP contribution is 2.32. The second-order valence-corrected chi connectivity index (χ2v) is 7.12. The van der Waals surface area contributed by atoms with Crippen LogP contribution in [-0.4, -0.2) is 62.2 Å². The van der Waals surface area contributed by atoms with Crippen molar-refractivity contribution in [3.63, 3.8) is 0 Å². The summed E-state index contributed by atoms with van der Waals surface area (Å²) in [4.78, 5) is 11.9. The van der Waals surface area contributed by atoms with Crippen LogP contribution in [0.4, 0.5) is 5.82 Å². The second-order valence-electron chi connectivity index (χ2n) is 5.13. The highest BCUT2D eigenvalue weighted by Gasteiger charge is 2.45. The Hall–Kier alpha value is -2.08. The second kappa shape index (κ2) is 5.53. The lowest BCUT2D eigenvalue weighted by atomic mass is 10.1. The minimum absolute atomic E-state index is 0.160. The van der Waals surface area contributed by atoms with Crippen LogP contribution in [0, 0.1) is 0 Å². The zero-order chi connectivity index (χ0) is 16.8. The molecule has 1 saturated heterocycles. The van der Waals surface area contributed by atoms with Crippen LogP contribution in [0.25, 0.3) is 11.2 Å². The van der Waals surface area contributed by atoms with E-state index in [1.807, 2.05) is 0 Å². The molecule has 0 aromatic carbocycles. The van der Waals surface area contributed by atoms with E-state index in [-0.39, 0.29) is 5.82 Å². The van der Waals surface area contributed by atoms with E-state index in [1.165, 1.54) is 17.2 Å². The molecule has 1 aliphatic heterocycles. The van der Waals surface area contributed by atoms with Crippen molar-refractivity contribution in [1.82, 2.24) is 19.5 Å². The van der Waals surface area contributed by atoms with Crippen LogP contribution in [0.5, 0.6) is 0 Å². The number of sulfone groups is 1. The number of hydrogen-bond donors (Lipinski definition) is 3. The molecule has 10 nitrogen and oxygen atoms in total. The van der Waals surface area contributed by atoms with Gasteiger partial charge >= 0.3 is 0 Å². The molecule has 11 heteroatoms. The first-order valence-electron chi connectivity index (χ1n) is 6.64. The Kier molecular flexibility index (Phi) is 3.80. The number of rotatable bonds is 4. The van der Waals surface area contributed by atoms with E-state index in [1.54, 1.807) is 0 Å². The lowest BCUT2D eigenvalue weighted by Gasteiger charge is -2.16. The van der Waals surface area contributed by atoms with Crippen LogP contribution in [0.3, 0.4) is 0 Å². The maximum absolute atomic E-state index is 11.6. The lowest BCUT2D eigenvalue weighted by molar-refractivity contribution is -0.0291. The topological polar surface area (TPSA) is 153 Å². The van der Waals surface area contributed by atoms with Gasteiger partial charge in [-0.2, -0.15) is 0 Å². The van der Waals surface area contributed by atoms with Crippen LogP contribution in [0.2, 0.25) is 0 Å². The first-order chi connectivity index (χ1) is 10.8. The quantitative estimate of drug-likeness (QED) is 0.608. The smallest absolute Gasteiger partial charge is 0.173 e. The maximum atomic E-state index is 11.6. The number of anilines is 1. The summed E-state index contributed by atoms with van der Waals surface area (Å²) >= 11 is 0. The number of nitrogens with zero attached hydrogens (tertiary/aromatic N) is 4. The van der Waals surface area contributed by atoms with E-state index >= 15 is 0 Å². The molecular weight excluding hydrogens is 326 g/mol. The SMILES string of the molecule is C=CS(=O)(=O)C[C@H]1O[C@@H](n2cnc3c(N)ncnc32)[C@@H](O)C1O. The minimum atomic E-state index is -3.60. The summed E-state index contributed by atoms with van der Waals surface area (Å²) in [5, 5.41) is 21.0. The Morgan fingerprint density at radius 2 is 2.09 bits per heavy atom. The van der Waals surface area contributed by atoms with Crippen molar-refractivity contribution in [1.29, 1.82) is 0 Å². The third-order valence-corrected chi connectivity index (χ3v) is 4.95. The van der Waals surface area contributed by atoms with Gasteiger partial charge in [-0.05, 0) is 0 Å². The fourth-order valence-corrected chi connectivity index (χ4v) is 3.32. The number of aliphatic hydroxyl groups is 2. The van der Waals surface area contributed by atoms with Crippen molar-refractivity contribution >= 4 is 26.8 Å². The van der Waals surface area contributed by atoms with Crippen molar-refractivity contribution in [3.8, 4) is 0 Å². The molecule has 1 fully saturated rings. The van der Waals surface area contributed by atoms with Crippen molar-refractivity contribution < 1.29 is 23.4 Å². The number of nitrogens with two attached hydrogens (primary N) is 1. The molecule has 3 heterocycles. The monoisotopic (exact) mass is 341 g/mol. The minimum Gasteiger partial charge on any atom is -0.387 e. The average molecular weight is 341 g/mol. The number of nitrogen functional groups attached to an aromatic ring is 1. The fraction of sp³-hybridized carbons (Fsp3) is 0.417. The van der Waals surface area contributed by atoms with Crippen LogP contribution in [-0.2, 0) is 14.6 Å². The van der Waals surface area contributed by atoms with Gasteiger partial charge in [0.15, 0.2) is 27.5 Å². The van der Waals surface area contributed by atoms with E-state index in [0.717, 1.165) is 5.41 Å². The molecule has 1 unspecified atom stereocenters. The zero-order valence-corrected chi connectivity index (χ0v) is 12.7. The Morgan fingerprint density at radius 1 is 1.35 bits per heavy atom. The summed E-state index contributed by atoms with van der Waals surface area (Å²) in [6, 6.07) is 0. The normalized spacial score (nSPS) is 28.3. The van der Waals surface area contributed by atoms with E-state index in [0.29, 0.717) is 11.2 Å². The molecule has 2 aromatic heterocycles. The molecule has 4 atom stereocenters. The van der Waals surface area contributed by atoms with Gasteiger partial charge in [0.25, 0.3) is 0 Å². The molecule has 0 saturated carbocycles. The molecule has 2 aromatic rings. The maximum Gasteiger partial charge on any atom is 0.173 e. The van der Waals surface area contributed by atoms with Gasteiger partial charge in [0, 0.05) is 5.41 Å². The standard InChI is InChI=1S/C12H15N5O5S/c1-2-23(20,21)3-6-8(18)9(19)12(22-6)17-5-16-7-10(13)14-4-15-11(7)17/h2,4-6,8-9,12,18-19H,1,3H2,(H2,13,14,15)/t6-,8?,9+,12-/m1/s1. The molecule has 0 radical (unpaired) electrons. The largest absolute Gasteiger partial charge is 0.387 e. The molecule has 124 valence electrons. The first kappa shape index (κ1) is 15.8. The third-order valence-electron chi connectivity index (χ3n) is 3.65. The zero-order valence-electron chi connectivity index (χ0n) is 11.8. The summed E-state index contributed by atoms with van der Waals surface area (Å²) in [6.07, 6.45) is -2.32. The summed E-state index contributed by atoms with van der Waals surface area (Å²) in [6.45, 7) is 3.20. The van der Waals surface area contributed by atoms with Gasteiger partial charge in [0.2, 0.25) is 0 Å². The number of imidazole rings is 1. The predicted octanol–water partition coefficient (Wildman–Crippen LogP) is -1.41. The van der Waals surface area contributed by atoms with E-state index in [4.69, 9.17) is 10.5 Å². The van der Waals surface area contributed by atoms with Gasteiger partial charge in [-0.25, -0.2) is 23.4 Å². The van der Waals surface area contributed by atoms with E-state index < -0.39 is 40.1 Å². The molecule has 0 aliphatic carbocycles. The number of ether oxygens (including phenoxy) is 1. The number of aromatic nitrogens is 4. The summed E-state index contributed by atoms with van der Waals surface area (Å²) in [5.41, 5.74) is 6.31. The molecule has 1 aliphatic rings. The molecular formula is C12H15N5O5S. The molecule has 4 N–H and O–H groups in total. The Morgan fingerprint density at radius 3 is 2.78 bits per heavy atom. The van der Waals surface area contributed by atoms with Crippen LogP contribution < -0.4 is 5.73 Å². The molecule has 0 bridgehead atoms. The summed E-state index contributed by atoms with van der Waals surface area (Å²) in [5.74, 6) is -0.331.